The van der Waals surface area contributed by atoms with Crippen molar-refractivity contribution in [3.8, 4) is 0 Å². The van der Waals surface area contributed by atoms with Gasteiger partial charge in [-0.2, -0.15) is 0 Å². The first-order chi connectivity index (χ1) is 9.36. The number of benzene rings is 1. The zero-order chi connectivity index (χ0) is 15.3. The van der Waals surface area contributed by atoms with Crippen LogP contribution in [-0.4, -0.2) is 30.0 Å². The van der Waals surface area contributed by atoms with Gasteiger partial charge in [0.1, 0.15) is 4.99 Å². The lowest BCUT2D eigenvalue weighted by atomic mass is 10.1. The minimum Gasteiger partial charge on any atom is -0.389 e. The van der Waals surface area contributed by atoms with Crippen LogP contribution >= 0.6 is 28.1 Å². The van der Waals surface area contributed by atoms with Gasteiger partial charge in [-0.25, -0.2) is 0 Å². The van der Waals surface area contributed by atoms with Crippen LogP contribution in [0.25, 0.3) is 0 Å². The molecule has 0 aliphatic rings. The van der Waals surface area contributed by atoms with Crippen LogP contribution < -0.4 is 16.0 Å². The molecule has 0 spiro atoms. The highest BCUT2D eigenvalue weighted by molar-refractivity contribution is 9.10. The van der Waals surface area contributed by atoms with Crippen LogP contribution in [0.15, 0.2) is 22.7 Å². The summed E-state index contributed by atoms with van der Waals surface area (Å²) in [5.74, 6) is -0.0179. The number of nitrogens with zero attached hydrogens (tertiary/aromatic N) is 1. The average molecular weight is 358 g/mol. The highest BCUT2D eigenvalue weighted by atomic mass is 79.9. The van der Waals surface area contributed by atoms with Gasteiger partial charge < -0.3 is 16.0 Å². The van der Waals surface area contributed by atoms with Gasteiger partial charge in [0.15, 0.2) is 0 Å². The first kappa shape index (κ1) is 16.9. The van der Waals surface area contributed by atoms with Gasteiger partial charge in [-0.1, -0.05) is 18.3 Å². The van der Waals surface area contributed by atoms with E-state index < -0.39 is 0 Å². The number of likely N-dealkylation sites (N-methyl/N-ethyl adjacent to an activating group) is 1. The molecule has 0 aliphatic heterocycles. The molecule has 0 aliphatic carbocycles. The van der Waals surface area contributed by atoms with Crippen LogP contribution in [0.3, 0.4) is 0 Å². The fourth-order valence-electron chi connectivity index (χ4n) is 1.93. The van der Waals surface area contributed by atoms with Crippen molar-refractivity contribution in [3.63, 3.8) is 0 Å². The van der Waals surface area contributed by atoms with Gasteiger partial charge in [-0.15, -0.1) is 0 Å². The monoisotopic (exact) mass is 357 g/mol. The summed E-state index contributed by atoms with van der Waals surface area (Å²) in [5, 5.41) is 2.88. The Balaban J connectivity index is 3.04. The maximum atomic E-state index is 11.9. The number of rotatable bonds is 6. The number of nitrogens with two attached hydrogens (primary N) is 1. The highest BCUT2D eigenvalue weighted by Crippen LogP contribution is 2.27. The maximum Gasteiger partial charge on any atom is 0.239 e. The number of carbonyl (C=O) groups excluding carboxylic acids is 1. The molecule has 1 rings (SSSR count). The largest absolute Gasteiger partial charge is 0.389 e. The Morgan fingerprint density at radius 1 is 1.50 bits per heavy atom. The van der Waals surface area contributed by atoms with Crippen LogP contribution in [0.5, 0.6) is 0 Å². The van der Waals surface area contributed by atoms with Gasteiger partial charge >= 0.3 is 0 Å². The molecule has 3 N–H and O–H groups in total. The average Bonchev–Trinajstić information content (AvgIpc) is 2.34. The van der Waals surface area contributed by atoms with Gasteiger partial charge in [-0.05, 0) is 48.8 Å². The first-order valence-electron chi connectivity index (χ1n) is 6.49. The van der Waals surface area contributed by atoms with Crippen molar-refractivity contribution in [3.05, 3.63) is 28.2 Å². The standard InChI is InChI=1S/C14H20BrN3OS/c1-4-18(8-12(19)17-9(2)3)11-7-5-6-10(15)13(11)14(16)20/h5-7,9H,4,8H2,1-3H3,(H2,16,20)(H,17,19). The Morgan fingerprint density at radius 2 is 2.15 bits per heavy atom. The number of hydrogen-bond donors (Lipinski definition) is 2. The van der Waals surface area contributed by atoms with Gasteiger partial charge in [-0.3, -0.25) is 4.79 Å². The van der Waals surface area contributed by atoms with E-state index in [4.69, 9.17) is 18.0 Å². The van der Waals surface area contributed by atoms with E-state index in [1.165, 1.54) is 0 Å². The van der Waals surface area contributed by atoms with Crippen LogP contribution in [0, 0.1) is 0 Å². The number of hydrogen-bond acceptors (Lipinski definition) is 3. The zero-order valence-corrected chi connectivity index (χ0v) is 14.3. The van der Waals surface area contributed by atoms with Crippen molar-refractivity contribution < 1.29 is 4.79 Å². The Kier molecular flexibility index (Phi) is 6.42. The van der Waals surface area contributed by atoms with Crippen LogP contribution in [0.4, 0.5) is 5.69 Å². The second-order valence-electron chi connectivity index (χ2n) is 4.73. The summed E-state index contributed by atoms with van der Waals surface area (Å²) in [7, 11) is 0. The molecule has 20 heavy (non-hydrogen) atoms. The third kappa shape index (κ3) is 4.45. The van der Waals surface area contributed by atoms with Crippen LogP contribution in [0.2, 0.25) is 0 Å². The smallest absolute Gasteiger partial charge is 0.239 e. The van der Waals surface area contributed by atoms with E-state index in [-0.39, 0.29) is 18.5 Å². The van der Waals surface area contributed by atoms with E-state index >= 15 is 0 Å². The molecule has 0 aromatic heterocycles. The van der Waals surface area contributed by atoms with E-state index in [9.17, 15) is 4.79 Å². The Bertz CT molecular complexity index is 505. The number of halogens is 1. The molecule has 110 valence electrons. The van der Waals surface area contributed by atoms with E-state index in [2.05, 4.69) is 21.2 Å². The summed E-state index contributed by atoms with van der Waals surface area (Å²) in [6.07, 6.45) is 0. The first-order valence-corrected chi connectivity index (χ1v) is 7.69. The Labute approximate surface area is 133 Å². The summed E-state index contributed by atoms with van der Waals surface area (Å²) in [6.45, 7) is 6.84. The fraction of sp³-hybridized carbons (Fsp3) is 0.429. The third-order valence-corrected chi connectivity index (χ3v) is 3.61. The van der Waals surface area contributed by atoms with Crippen LogP contribution in [-0.2, 0) is 4.79 Å². The molecular formula is C14H20BrN3OS. The summed E-state index contributed by atoms with van der Waals surface area (Å²) >= 11 is 8.57. The summed E-state index contributed by atoms with van der Waals surface area (Å²) in [4.78, 5) is 14.2. The molecule has 0 unspecified atom stereocenters. The normalized spacial score (nSPS) is 10.4. The predicted octanol–water partition coefficient (Wildman–Crippen LogP) is 2.43. The maximum absolute atomic E-state index is 11.9. The molecule has 0 saturated carbocycles. The lowest BCUT2D eigenvalue weighted by Crippen LogP contribution is -2.40. The fourth-order valence-corrected chi connectivity index (χ4v) is 2.84. The highest BCUT2D eigenvalue weighted by Gasteiger charge is 2.17. The SMILES string of the molecule is CCN(CC(=O)NC(C)C)c1cccc(Br)c1C(N)=S. The van der Waals surface area contributed by atoms with Crippen molar-refractivity contribution in [2.24, 2.45) is 5.73 Å². The van der Waals surface area contributed by atoms with Crippen molar-refractivity contribution >= 4 is 44.7 Å². The molecule has 1 aromatic rings. The van der Waals surface area contributed by atoms with Crippen molar-refractivity contribution in [2.75, 3.05) is 18.0 Å². The molecule has 4 nitrogen and oxygen atoms in total. The van der Waals surface area contributed by atoms with E-state index in [0.29, 0.717) is 11.5 Å². The summed E-state index contributed by atoms with van der Waals surface area (Å²) in [5.41, 5.74) is 7.43. The molecule has 1 amide bonds. The predicted molar refractivity (Wildman–Crippen MR) is 91.2 cm³/mol. The minimum absolute atomic E-state index is 0.0179. The van der Waals surface area contributed by atoms with Crippen LogP contribution in [0.1, 0.15) is 26.3 Å². The van der Waals surface area contributed by atoms with Gasteiger partial charge in [0.2, 0.25) is 5.91 Å². The number of anilines is 1. The molecule has 0 bridgehead atoms. The van der Waals surface area contributed by atoms with Gasteiger partial charge in [0.05, 0.1) is 6.54 Å². The number of thiocarbonyl (C=S) groups is 1. The Hall–Kier alpha value is -1.14. The number of carbonyl (C=O) groups is 1. The topological polar surface area (TPSA) is 58.4 Å². The summed E-state index contributed by atoms with van der Waals surface area (Å²) < 4.78 is 0.838. The van der Waals surface area contributed by atoms with Crippen molar-refractivity contribution in [1.82, 2.24) is 5.32 Å². The van der Waals surface area contributed by atoms with Gasteiger partial charge in [0, 0.05) is 28.3 Å². The molecular weight excluding hydrogens is 338 g/mol. The van der Waals surface area contributed by atoms with E-state index in [1.54, 1.807) is 0 Å². The Morgan fingerprint density at radius 3 is 2.65 bits per heavy atom. The number of nitrogens with one attached hydrogen (secondary N) is 1. The lowest BCUT2D eigenvalue weighted by molar-refractivity contribution is -0.120. The lowest BCUT2D eigenvalue weighted by Gasteiger charge is -2.26. The third-order valence-electron chi connectivity index (χ3n) is 2.74. The molecule has 0 atom stereocenters. The van der Waals surface area contributed by atoms with E-state index in [0.717, 1.165) is 15.7 Å². The number of amides is 1. The second kappa shape index (κ2) is 7.59. The molecule has 0 radical (unpaired) electrons. The molecule has 0 fully saturated rings. The molecule has 0 heterocycles. The molecule has 0 saturated heterocycles. The quantitative estimate of drug-likeness (QED) is 0.767. The second-order valence-corrected chi connectivity index (χ2v) is 6.03. The van der Waals surface area contributed by atoms with E-state index in [1.807, 2.05) is 43.9 Å². The summed E-state index contributed by atoms with van der Waals surface area (Å²) in [6, 6.07) is 5.84. The van der Waals surface area contributed by atoms with Crippen molar-refractivity contribution in [2.45, 2.75) is 26.8 Å². The molecule has 6 heteroatoms. The molecule has 1 aromatic carbocycles. The van der Waals surface area contributed by atoms with Crippen molar-refractivity contribution in [1.29, 1.82) is 0 Å². The zero-order valence-electron chi connectivity index (χ0n) is 11.9. The minimum atomic E-state index is -0.0179. The van der Waals surface area contributed by atoms with Gasteiger partial charge in [0.25, 0.3) is 0 Å².